The SMILES string of the molecule is C=C/C=C([B]C(C)C)\C=C(/C)C(=O)c1cscn1.CC. The number of Topliss-reactive ketones (excluding diaryl/α,β-unsaturated/α-hetero) is 1. The Kier molecular flexibility index (Phi) is 9.65. The first-order valence-electron chi connectivity index (χ1n) is 6.83. The Bertz CT molecular complexity index is 473. The van der Waals surface area contributed by atoms with Crippen LogP contribution in [0.4, 0.5) is 0 Å². The van der Waals surface area contributed by atoms with Gasteiger partial charge in [0.2, 0.25) is 5.78 Å². The van der Waals surface area contributed by atoms with Gasteiger partial charge < -0.3 is 0 Å². The number of thiazole rings is 1. The van der Waals surface area contributed by atoms with E-state index in [-0.39, 0.29) is 5.78 Å². The predicted octanol–water partition coefficient (Wildman–Crippen LogP) is 4.90. The van der Waals surface area contributed by atoms with E-state index in [1.54, 1.807) is 17.0 Å². The van der Waals surface area contributed by atoms with Crippen LogP contribution < -0.4 is 0 Å². The van der Waals surface area contributed by atoms with Crippen LogP contribution in [0, 0.1) is 0 Å². The molecule has 1 aromatic heterocycles. The number of ketones is 1. The van der Waals surface area contributed by atoms with Gasteiger partial charge in [-0.05, 0) is 12.5 Å². The van der Waals surface area contributed by atoms with Gasteiger partial charge in [0.25, 0.3) is 0 Å². The minimum atomic E-state index is -0.0247. The summed E-state index contributed by atoms with van der Waals surface area (Å²) in [4.78, 5) is 16.1. The summed E-state index contributed by atoms with van der Waals surface area (Å²) in [5.41, 5.74) is 3.87. The van der Waals surface area contributed by atoms with Crippen LogP contribution in [0.25, 0.3) is 0 Å². The van der Waals surface area contributed by atoms with E-state index in [9.17, 15) is 4.79 Å². The van der Waals surface area contributed by atoms with Crippen molar-refractivity contribution in [3.05, 3.63) is 52.4 Å². The lowest BCUT2D eigenvalue weighted by atomic mass is 9.59. The van der Waals surface area contributed by atoms with Crippen molar-refractivity contribution < 1.29 is 4.79 Å². The highest BCUT2D eigenvalue weighted by molar-refractivity contribution is 7.07. The number of aromatic nitrogens is 1. The first kappa shape index (κ1) is 18.6. The van der Waals surface area contributed by atoms with Crippen LogP contribution in [0.1, 0.15) is 45.1 Å². The first-order chi connectivity index (χ1) is 9.54. The number of hydrogen-bond donors (Lipinski definition) is 0. The molecule has 0 aliphatic heterocycles. The molecule has 2 nitrogen and oxygen atoms in total. The normalized spacial score (nSPS) is 11.7. The fourth-order valence-corrected chi connectivity index (χ4v) is 2.05. The van der Waals surface area contributed by atoms with Crippen LogP contribution in [0.2, 0.25) is 5.82 Å². The number of allylic oxidation sites excluding steroid dienone is 5. The molecule has 1 rings (SSSR count). The Morgan fingerprint density at radius 3 is 2.55 bits per heavy atom. The van der Waals surface area contributed by atoms with E-state index < -0.39 is 0 Å². The van der Waals surface area contributed by atoms with Crippen LogP contribution in [-0.2, 0) is 0 Å². The van der Waals surface area contributed by atoms with Gasteiger partial charge in [0.15, 0.2) is 7.28 Å². The smallest absolute Gasteiger partial charge is 0.207 e. The maximum atomic E-state index is 12.0. The fraction of sp³-hybridized carbons (Fsp3) is 0.375. The van der Waals surface area contributed by atoms with Gasteiger partial charge in [-0.1, -0.05) is 63.8 Å². The van der Waals surface area contributed by atoms with Crippen molar-refractivity contribution in [2.75, 3.05) is 0 Å². The molecule has 4 heteroatoms. The molecule has 107 valence electrons. The summed E-state index contributed by atoms with van der Waals surface area (Å²) >= 11 is 1.43. The largest absolute Gasteiger partial charge is 0.287 e. The highest BCUT2D eigenvalue weighted by Gasteiger charge is 2.11. The molecule has 0 amide bonds. The molecule has 0 N–H and O–H groups in total. The highest BCUT2D eigenvalue weighted by atomic mass is 32.1. The predicted molar refractivity (Wildman–Crippen MR) is 90.7 cm³/mol. The van der Waals surface area contributed by atoms with E-state index >= 15 is 0 Å². The quantitative estimate of drug-likeness (QED) is 0.322. The molecule has 1 aromatic rings. The maximum Gasteiger partial charge on any atom is 0.207 e. The molecule has 0 saturated carbocycles. The van der Waals surface area contributed by atoms with Crippen molar-refractivity contribution in [1.29, 1.82) is 0 Å². The molecular formula is C16H23BNOS. The molecule has 1 heterocycles. The van der Waals surface area contributed by atoms with Crippen molar-refractivity contribution in [1.82, 2.24) is 4.98 Å². The Morgan fingerprint density at radius 2 is 2.10 bits per heavy atom. The lowest BCUT2D eigenvalue weighted by Crippen LogP contribution is -2.04. The Labute approximate surface area is 127 Å². The van der Waals surface area contributed by atoms with Gasteiger partial charge in [0.05, 0.1) is 5.51 Å². The lowest BCUT2D eigenvalue weighted by molar-refractivity contribution is 0.103. The monoisotopic (exact) mass is 288 g/mol. The molecule has 0 aliphatic carbocycles. The van der Waals surface area contributed by atoms with Gasteiger partial charge in [-0.15, -0.1) is 11.3 Å². The summed E-state index contributed by atoms with van der Waals surface area (Å²) in [6, 6.07) is 0. The van der Waals surface area contributed by atoms with E-state index in [2.05, 4.69) is 32.7 Å². The minimum absolute atomic E-state index is 0.0247. The second kappa shape index (κ2) is 10.4. The van der Waals surface area contributed by atoms with Crippen molar-refractivity contribution in [3.8, 4) is 0 Å². The third-order valence-corrected chi connectivity index (χ3v) is 2.83. The van der Waals surface area contributed by atoms with E-state index in [4.69, 9.17) is 0 Å². The van der Waals surface area contributed by atoms with Crippen molar-refractivity contribution in [2.45, 2.75) is 40.4 Å². The molecule has 0 saturated heterocycles. The van der Waals surface area contributed by atoms with E-state index in [0.29, 0.717) is 17.1 Å². The lowest BCUT2D eigenvalue weighted by Gasteiger charge is -2.05. The van der Waals surface area contributed by atoms with Crippen LogP contribution >= 0.6 is 11.3 Å². The fourth-order valence-electron chi connectivity index (χ4n) is 1.51. The summed E-state index contributed by atoms with van der Waals surface area (Å²) in [6.07, 6.45) is 5.51. The van der Waals surface area contributed by atoms with Crippen molar-refractivity contribution in [3.63, 3.8) is 0 Å². The van der Waals surface area contributed by atoms with Crippen LogP contribution in [-0.4, -0.2) is 18.0 Å². The van der Waals surface area contributed by atoms with Gasteiger partial charge in [0, 0.05) is 5.38 Å². The Morgan fingerprint density at radius 1 is 1.45 bits per heavy atom. The molecular weight excluding hydrogens is 265 g/mol. The maximum absolute atomic E-state index is 12.0. The standard InChI is InChI=1S/C14H17BNOS.C2H6/c1-5-6-12(15-10(2)3)7-11(4)14(17)13-8-18-9-16-13;1-2/h5-10H,1H2,2-4H3;1-2H3/b11-7+,12-6+;. The molecule has 0 aliphatic rings. The summed E-state index contributed by atoms with van der Waals surface area (Å²) < 4.78 is 0. The van der Waals surface area contributed by atoms with E-state index in [0.717, 1.165) is 5.47 Å². The number of nitrogens with zero attached hydrogens (tertiary/aromatic N) is 1. The second-order valence-electron chi connectivity index (χ2n) is 4.34. The molecule has 0 aromatic carbocycles. The number of hydrogen-bond acceptors (Lipinski definition) is 3. The topological polar surface area (TPSA) is 30.0 Å². The molecule has 0 bridgehead atoms. The van der Waals surface area contributed by atoms with E-state index in [1.165, 1.54) is 11.3 Å². The van der Waals surface area contributed by atoms with Crippen LogP contribution in [0.3, 0.4) is 0 Å². The first-order valence-corrected chi connectivity index (χ1v) is 7.77. The highest BCUT2D eigenvalue weighted by Crippen LogP contribution is 2.13. The van der Waals surface area contributed by atoms with Gasteiger partial charge in [-0.2, -0.15) is 0 Å². The Balaban J connectivity index is 0.00000172. The third-order valence-electron chi connectivity index (χ3n) is 2.24. The van der Waals surface area contributed by atoms with Gasteiger partial charge >= 0.3 is 0 Å². The number of carbonyl (C=O) groups excluding carboxylic acids is 1. The average molecular weight is 288 g/mol. The summed E-state index contributed by atoms with van der Waals surface area (Å²) in [5.74, 6) is 0.401. The summed E-state index contributed by atoms with van der Waals surface area (Å²) in [5, 5.41) is 1.77. The molecule has 0 fully saturated rings. The van der Waals surface area contributed by atoms with Crippen LogP contribution in [0.5, 0.6) is 0 Å². The Hall–Kier alpha value is -1.42. The second-order valence-corrected chi connectivity index (χ2v) is 5.06. The number of carbonyl (C=O) groups is 1. The van der Waals surface area contributed by atoms with Gasteiger partial charge in [-0.25, -0.2) is 4.98 Å². The molecule has 0 spiro atoms. The zero-order chi connectivity index (χ0) is 15.5. The molecule has 1 radical (unpaired) electrons. The third kappa shape index (κ3) is 6.66. The van der Waals surface area contributed by atoms with Crippen molar-refractivity contribution >= 4 is 24.4 Å². The number of rotatable bonds is 6. The summed E-state index contributed by atoms with van der Waals surface area (Å²) in [7, 11) is 2.10. The molecule has 20 heavy (non-hydrogen) atoms. The summed E-state index contributed by atoms with van der Waals surface area (Å²) in [6.45, 7) is 13.7. The van der Waals surface area contributed by atoms with Gasteiger partial charge in [-0.3, -0.25) is 4.79 Å². The average Bonchev–Trinajstić information content (AvgIpc) is 2.93. The van der Waals surface area contributed by atoms with Crippen molar-refractivity contribution in [2.24, 2.45) is 0 Å². The van der Waals surface area contributed by atoms with Gasteiger partial charge in [0.1, 0.15) is 5.69 Å². The van der Waals surface area contributed by atoms with Crippen LogP contribution in [0.15, 0.2) is 46.7 Å². The minimum Gasteiger partial charge on any atom is -0.287 e. The molecule has 0 atom stereocenters. The van der Waals surface area contributed by atoms with E-state index in [1.807, 2.05) is 32.9 Å². The zero-order valence-electron chi connectivity index (χ0n) is 13.0. The zero-order valence-corrected chi connectivity index (χ0v) is 13.8. The molecule has 0 unspecified atom stereocenters.